The Morgan fingerprint density at radius 3 is 2.30 bits per heavy atom. The van der Waals surface area contributed by atoms with Crippen LogP contribution in [0.15, 0.2) is 75.3 Å². The smallest absolute Gasteiger partial charge is 0.246 e. The summed E-state index contributed by atoms with van der Waals surface area (Å²) < 4.78 is 0. The molecule has 23 heavy (non-hydrogen) atoms. The number of carbonyl (C=O) groups is 1. The molecule has 0 saturated carbocycles. The van der Waals surface area contributed by atoms with Crippen LogP contribution in [0, 0.1) is 0 Å². The molecule has 0 aliphatic carbocycles. The van der Waals surface area contributed by atoms with Crippen LogP contribution in [0.2, 0.25) is 5.02 Å². The lowest BCUT2D eigenvalue weighted by molar-refractivity contribution is -0.118. The van der Waals surface area contributed by atoms with Crippen LogP contribution in [0.5, 0.6) is 0 Å². The second kappa shape index (κ2) is 7.08. The lowest BCUT2D eigenvalue weighted by Gasteiger charge is -2.19. The van der Waals surface area contributed by atoms with Gasteiger partial charge in [-0.15, -0.1) is 10.2 Å². The molecule has 2 aromatic carbocycles. The third-order valence-electron chi connectivity index (χ3n) is 3.18. The second-order valence-electron chi connectivity index (χ2n) is 4.79. The highest BCUT2D eigenvalue weighted by Gasteiger charge is 2.25. The van der Waals surface area contributed by atoms with Crippen LogP contribution in [-0.2, 0) is 4.79 Å². The number of nitrogens with zero attached hydrogens (tertiary/aromatic N) is 4. The highest BCUT2D eigenvalue weighted by molar-refractivity contribution is 6.30. The maximum atomic E-state index is 12.6. The summed E-state index contributed by atoms with van der Waals surface area (Å²) in [5.74, 6) is -0.240. The Bertz CT molecular complexity index is 719. The fourth-order valence-electron chi connectivity index (χ4n) is 2.10. The molecule has 0 saturated heterocycles. The third kappa shape index (κ3) is 3.97. The van der Waals surface area contributed by atoms with E-state index in [2.05, 4.69) is 31.3 Å². The van der Waals surface area contributed by atoms with E-state index in [1.807, 2.05) is 30.3 Å². The molecule has 1 unspecified atom stereocenters. The Morgan fingerprint density at radius 2 is 1.65 bits per heavy atom. The maximum absolute atomic E-state index is 12.6. The summed E-state index contributed by atoms with van der Waals surface area (Å²) in [7, 11) is 0. The minimum atomic E-state index is -0.670. The molecule has 0 fully saturated rings. The molecule has 1 heterocycles. The topological polar surface area (TPSA) is 90.6 Å². The van der Waals surface area contributed by atoms with Gasteiger partial charge in [0.1, 0.15) is 6.04 Å². The highest BCUT2D eigenvalue weighted by atomic mass is 35.5. The molecule has 3 rings (SSSR count). The largest absolute Gasteiger partial charge is 0.324 e. The molecular weight excluding hydrogens is 316 g/mol. The second-order valence-corrected chi connectivity index (χ2v) is 5.23. The molecule has 1 aliphatic rings. The van der Waals surface area contributed by atoms with Crippen LogP contribution in [0.1, 0.15) is 11.6 Å². The van der Waals surface area contributed by atoms with Crippen LogP contribution in [0.3, 0.4) is 0 Å². The standard InChI is InChI=1S/C15H13ClN6O/c16-11-6-8-12(9-7-11)17-14(23)13(10-4-2-1-3-5-10)18-15-19-21-22-20-15/h1-9,13,15,18H,(H,17,23). The van der Waals surface area contributed by atoms with Crippen LogP contribution >= 0.6 is 11.6 Å². The molecule has 2 aromatic rings. The van der Waals surface area contributed by atoms with Gasteiger partial charge in [-0.3, -0.25) is 10.1 Å². The van der Waals surface area contributed by atoms with E-state index in [1.165, 1.54) is 0 Å². The summed E-state index contributed by atoms with van der Waals surface area (Å²) in [4.78, 5) is 12.6. The van der Waals surface area contributed by atoms with Gasteiger partial charge in [-0.25, -0.2) is 0 Å². The van der Waals surface area contributed by atoms with E-state index < -0.39 is 12.3 Å². The zero-order chi connectivity index (χ0) is 16.1. The van der Waals surface area contributed by atoms with Gasteiger partial charge in [-0.05, 0) is 40.3 Å². The average Bonchev–Trinajstić information content (AvgIpc) is 3.09. The minimum absolute atomic E-state index is 0.240. The fourth-order valence-corrected chi connectivity index (χ4v) is 2.23. The van der Waals surface area contributed by atoms with Gasteiger partial charge < -0.3 is 5.32 Å². The number of amides is 1. The summed E-state index contributed by atoms with van der Waals surface area (Å²) in [6.45, 7) is 0. The summed E-state index contributed by atoms with van der Waals surface area (Å²) in [5.41, 5.74) is 1.44. The van der Waals surface area contributed by atoms with Crippen molar-refractivity contribution >= 4 is 23.2 Å². The number of hydrogen-bond acceptors (Lipinski definition) is 6. The van der Waals surface area contributed by atoms with Gasteiger partial charge in [-0.2, -0.15) is 0 Å². The Morgan fingerprint density at radius 1 is 1.00 bits per heavy atom. The van der Waals surface area contributed by atoms with Gasteiger partial charge in [0.15, 0.2) is 0 Å². The fraction of sp³-hybridized carbons (Fsp3) is 0.133. The van der Waals surface area contributed by atoms with E-state index in [0.717, 1.165) is 5.56 Å². The minimum Gasteiger partial charge on any atom is -0.324 e. The quantitative estimate of drug-likeness (QED) is 0.875. The van der Waals surface area contributed by atoms with Gasteiger partial charge in [-0.1, -0.05) is 41.9 Å². The molecular formula is C15H13ClN6O. The molecule has 0 spiro atoms. The zero-order valence-electron chi connectivity index (χ0n) is 11.9. The van der Waals surface area contributed by atoms with Crippen molar-refractivity contribution in [2.75, 3.05) is 5.32 Å². The van der Waals surface area contributed by atoms with E-state index in [1.54, 1.807) is 24.3 Å². The van der Waals surface area contributed by atoms with Crippen LogP contribution in [-0.4, -0.2) is 12.2 Å². The molecule has 1 amide bonds. The number of nitrogens with one attached hydrogen (secondary N) is 2. The molecule has 7 nitrogen and oxygen atoms in total. The van der Waals surface area contributed by atoms with Crippen molar-refractivity contribution in [3.63, 3.8) is 0 Å². The Balaban J connectivity index is 1.79. The molecule has 8 heteroatoms. The van der Waals surface area contributed by atoms with Crippen molar-refractivity contribution < 1.29 is 4.79 Å². The maximum Gasteiger partial charge on any atom is 0.246 e. The molecule has 0 radical (unpaired) electrons. The Kier molecular flexibility index (Phi) is 4.70. The average molecular weight is 329 g/mol. The predicted octanol–water partition coefficient (Wildman–Crippen LogP) is 3.73. The lowest BCUT2D eigenvalue weighted by Crippen LogP contribution is -2.37. The first-order chi connectivity index (χ1) is 11.2. The van der Waals surface area contributed by atoms with Gasteiger partial charge >= 0.3 is 0 Å². The van der Waals surface area contributed by atoms with E-state index in [-0.39, 0.29) is 5.91 Å². The van der Waals surface area contributed by atoms with E-state index >= 15 is 0 Å². The van der Waals surface area contributed by atoms with Crippen LogP contribution in [0.4, 0.5) is 5.69 Å². The lowest BCUT2D eigenvalue weighted by atomic mass is 10.1. The molecule has 1 atom stereocenters. The third-order valence-corrected chi connectivity index (χ3v) is 3.44. The molecule has 116 valence electrons. The number of anilines is 1. The Labute approximate surface area is 137 Å². The SMILES string of the molecule is O=C(Nc1ccc(Cl)cc1)C(NC1N=NN=N1)c1ccccc1. The molecule has 0 aromatic heterocycles. The van der Waals surface area contributed by atoms with Crippen molar-refractivity contribution in [3.05, 3.63) is 65.2 Å². The van der Waals surface area contributed by atoms with Crippen molar-refractivity contribution in [2.45, 2.75) is 12.3 Å². The first kappa shape index (κ1) is 15.3. The van der Waals surface area contributed by atoms with E-state index in [9.17, 15) is 4.79 Å². The molecule has 0 bridgehead atoms. The number of halogens is 1. The number of benzene rings is 2. The summed E-state index contributed by atoms with van der Waals surface area (Å²) in [6, 6.07) is 15.5. The Hall–Kier alpha value is -2.64. The summed E-state index contributed by atoms with van der Waals surface area (Å²) >= 11 is 5.85. The van der Waals surface area contributed by atoms with Crippen molar-refractivity contribution in [1.82, 2.24) is 5.32 Å². The van der Waals surface area contributed by atoms with Gasteiger partial charge in [0.2, 0.25) is 12.2 Å². The first-order valence-electron chi connectivity index (χ1n) is 6.90. The highest BCUT2D eigenvalue weighted by Crippen LogP contribution is 2.19. The van der Waals surface area contributed by atoms with Gasteiger partial charge in [0, 0.05) is 10.7 Å². The van der Waals surface area contributed by atoms with Gasteiger partial charge in [0.05, 0.1) is 0 Å². The summed E-state index contributed by atoms with van der Waals surface area (Å²) in [6.07, 6.45) is -0.670. The first-order valence-corrected chi connectivity index (χ1v) is 7.27. The monoisotopic (exact) mass is 328 g/mol. The number of carbonyl (C=O) groups excluding carboxylic acids is 1. The van der Waals surface area contributed by atoms with Crippen molar-refractivity contribution in [1.29, 1.82) is 0 Å². The molecule has 2 N–H and O–H groups in total. The predicted molar refractivity (Wildman–Crippen MR) is 85.9 cm³/mol. The van der Waals surface area contributed by atoms with Crippen LogP contribution in [0.25, 0.3) is 0 Å². The van der Waals surface area contributed by atoms with E-state index in [0.29, 0.717) is 10.7 Å². The normalized spacial score (nSPS) is 14.8. The molecule has 1 aliphatic heterocycles. The van der Waals surface area contributed by atoms with Gasteiger partial charge in [0.25, 0.3) is 0 Å². The number of rotatable bonds is 5. The van der Waals surface area contributed by atoms with Crippen molar-refractivity contribution in [2.24, 2.45) is 20.7 Å². The summed E-state index contributed by atoms with van der Waals surface area (Å²) in [5, 5.41) is 20.9. The zero-order valence-corrected chi connectivity index (χ0v) is 12.7. The number of hydrogen-bond donors (Lipinski definition) is 2. The van der Waals surface area contributed by atoms with Crippen molar-refractivity contribution in [3.8, 4) is 0 Å². The van der Waals surface area contributed by atoms with E-state index in [4.69, 9.17) is 11.6 Å². The van der Waals surface area contributed by atoms with Crippen LogP contribution < -0.4 is 10.6 Å².